The average molecular weight is 318 g/mol. The molecule has 0 radical (unpaired) electrons. The number of pyridine rings is 1. The predicted molar refractivity (Wildman–Crippen MR) is 88.8 cm³/mol. The van der Waals surface area contributed by atoms with Crippen molar-refractivity contribution in [2.75, 3.05) is 0 Å². The molecule has 0 saturated heterocycles. The second-order valence-electron chi connectivity index (χ2n) is 4.80. The first-order valence-electron chi connectivity index (χ1n) is 6.95. The maximum absolute atomic E-state index is 6.20. The van der Waals surface area contributed by atoms with E-state index in [1.165, 1.54) is 0 Å². The molecular weight excluding hydrogens is 302 g/mol. The van der Waals surface area contributed by atoms with E-state index in [9.17, 15) is 0 Å². The smallest absolute Gasteiger partial charge is 0.124 e. The first kappa shape index (κ1) is 14.4. The van der Waals surface area contributed by atoms with E-state index in [-0.39, 0.29) is 0 Å². The van der Waals surface area contributed by atoms with Gasteiger partial charge in [0.05, 0.1) is 11.8 Å². The second-order valence-corrected chi connectivity index (χ2v) is 6.17. The minimum absolute atomic E-state index is 0.798. The third-order valence-corrected chi connectivity index (χ3v) is 4.69. The van der Waals surface area contributed by atoms with E-state index < -0.39 is 0 Å². The Bertz CT molecular complexity index is 754. The van der Waals surface area contributed by atoms with Crippen LogP contribution in [0.2, 0.25) is 5.02 Å². The van der Waals surface area contributed by atoms with Crippen LogP contribution in [0.3, 0.4) is 0 Å². The summed E-state index contributed by atoms with van der Waals surface area (Å²) in [5, 5.41) is 1.76. The fourth-order valence-electron chi connectivity index (χ4n) is 2.25. The second kappa shape index (κ2) is 6.50. The van der Waals surface area contributed by atoms with Crippen LogP contribution in [-0.2, 0) is 12.3 Å². The first-order chi connectivity index (χ1) is 10.3. The number of halogens is 1. The van der Waals surface area contributed by atoms with Gasteiger partial charge in [-0.25, -0.2) is 9.97 Å². The minimum Gasteiger partial charge on any atom is -0.330 e. The van der Waals surface area contributed by atoms with Crippen LogP contribution in [0.25, 0.3) is 11.0 Å². The van der Waals surface area contributed by atoms with Crippen LogP contribution in [0.5, 0.6) is 0 Å². The number of aryl methyl sites for hydroxylation is 1. The number of benzene rings is 1. The number of hydrogen-bond acceptors (Lipinski definition) is 3. The van der Waals surface area contributed by atoms with Gasteiger partial charge in [-0.2, -0.15) is 0 Å². The van der Waals surface area contributed by atoms with Crippen LogP contribution < -0.4 is 0 Å². The van der Waals surface area contributed by atoms with E-state index in [1.807, 2.05) is 42.9 Å². The Hall–Kier alpha value is -1.52. The highest BCUT2D eigenvalue weighted by Crippen LogP contribution is 2.29. The van der Waals surface area contributed by atoms with Crippen LogP contribution in [-0.4, -0.2) is 14.5 Å². The number of thioether (sulfide) groups is 1. The molecule has 0 aliphatic heterocycles. The van der Waals surface area contributed by atoms with Crippen molar-refractivity contribution in [1.29, 1.82) is 0 Å². The molecule has 0 aliphatic carbocycles. The van der Waals surface area contributed by atoms with Gasteiger partial charge in [0.2, 0.25) is 0 Å². The minimum atomic E-state index is 0.798. The first-order valence-corrected chi connectivity index (χ1v) is 8.32. The van der Waals surface area contributed by atoms with Crippen molar-refractivity contribution in [2.45, 2.75) is 30.7 Å². The van der Waals surface area contributed by atoms with Gasteiger partial charge in [0.15, 0.2) is 0 Å². The normalized spacial score (nSPS) is 11.1. The third kappa shape index (κ3) is 3.06. The third-order valence-electron chi connectivity index (χ3n) is 3.29. The van der Waals surface area contributed by atoms with Gasteiger partial charge in [0.1, 0.15) is 10.5 Å². The van der Waals surface area contributed by atoms with Crippen LogP contribution in [0.4, 0.5) is 0 Å². The average Bonchev–Trinajstić information content (AvgIpc) is 2.91. The summed E-state index contributed by atoms with van der Waals surface area (Å²) in [5.74, 6) is 0.798. The molecule has 0 N–H and O–H groups in total. The molecule has 3 rings (SSSR count). The Morgan fingerprint density at radius 1 is 1.19 bits per heavy atom. The molecule has 21 heavy (non-hydrogen) atoms. The van der Waals surface area contributed by atoms with Crippen LogP contribution in [0.1, 0.15) is 18.9 Å². The molecule has 0 spiro atoms. The van der Waals surface area contributed by atoms with Crippen molar-refractivity contribution in [2.24, 2.45) is 0 Å². The van der Waals surface area contributed by atoms with Crippen molar-refractivity contribution < 1.29 is 0 Å². The summed E-state index contributed by atoms with van der Waals surface area (Å²) < 4.78 is 2.18. The molecule has 3 aromatic rings. The summed E-state index contributed by atoms with van der Waals surface area (Å²) in [6.07, 6.45) is 4.84. The Labute approximate surface area is 133 Å². The number of imidazole rings is 1. The molecule has 0 atom stereocenters. The fourth-order valence-corrected chi connectivity index (χ4v) is 3.51. The summed E-state index contributed by atoms with van der Waals surface area (Å²) in [6.45, 7) is 3.15. The summed E-state index contributed by atoms with van der Waals surface area (Å²) in [4.78, 5) is 8.99. The Kier molecular flexibility index (Phi) is 4.46. The van der Waals surface area contributed by atoms with Crippen LogP contribution in [0.15, 0.2) is 47.9 Å². The summed E-state index contributed by atoms with van der Waals surface area (Å²) in [5.41, 5.74) is 3.24. The standard InChI is InChI=1S/C16H16ClN3S/c1-2-9-20-11-19-15-14(20)7-8-18-16(15)21-10-12-5-3-4-6-13(12)17/h3-8,11H,2,9-10H2,1H3. The molecule has 0 fully saturated rings. The lowest BCUT2D eigenvalue weighted by molar-refractivity contribution is 0.697. The lowest BCUT2D eigenvalue weighted by Crippen LogP contribution is -1.94. The Morgan fingerprint density at radius 3 is 2.86 bits per heavy atom. The highest BCUT2D eigenvalue weighted by atomic mass is 35.5. The molecular formula is C16H16ClN3S. The van der Waals surface area contributed by atoms with Crippen molar-refractivity contribution in [1.82, 2.24) is 14.5 Å². The van der Waals surface area contributed by atoms with Gasteiger partial charge >= 0.3 is 0 Å². The van der Waals surface area contributed by atoms with Gasteiger partial charge in [-0.1, -0.05) is 48.5 Å². The molecule has 1 aromatic carbocycles. The Balaban J connectivity index is 1.86. The largest absolute Gasteiger partial charge is 0.330 e. The molecule has 0 unspecified atom stereocenters. The van der Waals surface area contributed by atoms with E-state index in [2.05, 4.69) is 21.5 Å². The van der Waals surface area contributed by atoms with Gasteiger partial charge in [-0.3, -0.25) is 0 Å². The Morgan fingerprint density at radius 2 is 2.05 bits per heavy atom. The van der Waals surface area contributed by atoms with Gasteiger partial charge in [0, 0.05) is 23.5 Å². The molecule has 0 saturated carbocycles. The van der Waals surface area contributed by atoms with Crippen molar-refractivity contribution in [3.63, 3.8) is 0 Å². The lowest BCUT2D eigenvalue weighted by atomic mass is 10.2. The molecule has 3 nitrogen and oxygen atoms in total. The number of fused-ring (bicyclic) bond motifs is 1. The topological polar surface area (TPSA) is 30.7 Å². The number of rotatable bonds is 5. The number of nitrogens with zero attached hydrogens (tertiary/aromatic N) is 3. The SMILES string of the molecule is CCCn1cnc2c(SCc3ccccc3Cl)nccc21. The maximum Gasteiger partial charge on any atom is 0.124 e. The van der Waals surface area contributed by atoms with E-state index in [0.29, 0.717) is 0 Å². The monoisotopic (exact) mass is 317 g/mol. The zero-order valence-corrected chi connectivity index (χ0v) is 13.4. The summed E-state index contributed by atoms with van der Waals surface area (Å²) >= 11 is 7.88. The van der Waals surface area contributed by atoms with E-state index in [1.54, 1.807) is 11.8 Å². The van der Waals surface area contributed by atoms with E-state index >= 15 is 0 Å². The summed E-state index contributed by atoms with van der Waals surface area (Å²) in [7, 11) is 0. The van der Waals surface area contributed by atoms with Crippen molar-refractivity contribution >= 4 is 34.4 Å². The van der Waals surface area contributed by atoms with Gasteiger partial charge in [0.25, 0.3) is 0 Å². The van der Waals surface area contributed by atoms with Crippen molar-refractivity contribution in [3.05, 3.63) is 53.4 Å². The molecule has 2 aromatic heterocycles. The molecule has 108 valence electrons. The maximum atomic E-state index is 6.20. The highest BCUT2D eigenvalue weighted by molar-refractivity contribution is 7.98. The van der Waals surface area contributed by atoms with E-state index in [4.69, 9.17) is 11.6 Å². The zero-order valence-electron chi connectivity index (χ0n) is 11.8. The molecule has 0 bridgehead atoms. The number of hydrogen-bond donors (Lipinski definition) is 0. The molecule has 5 heteroatoms. The summed E-state index contributed by atoms with van der Waals surface area (Å²) in [6, 6.07) is 9.94. The zero-order chi connectivity index (χ0) is 14.7. The quantitative estimate of drug-likeness (QED) is 0.634. The fraction of sp³-hybridized carbons (Fsp3) is 0.250. The van der Waals surface area contributed by atoms with Gasteiger partial charge in [-0.15, -0.1) is 0 Å². The lowest BCUT2D eigenvalue weighted by Gasteiger charge is -2.05. The van der Waals surface area contributed by atoms with E-state index in [0.717, 1.165) is 45.4 Å². The highest BCUT2D eigenvalue weighted by Gasteiger charge is 2.09. The molecule has 0 aliphatic rings. The van der Waals surface area contributed by atoms with Gasteiger partial charge in [-0.05, 0) is 24.1 Å². The van der Waals surface area contributed by atoms with Crippen LogP contribution in [0, 0.1) is 0 Å². The molecule has 2 heterocycles. The van der Waals surface area contributed by atoms with Gasteiger partial charge < -0.3 is 4.57 Å². The van der Waals surface area contributed by atoms with Crippen molar-refractivity contribution in [3.8, 4) is 0 Å². The number of aromatic nitrogens is 3. The molecule has 0 amide bonds. The predicted octanol–water partition coefficient (Wildman–Crippen LogP) is 4.79. The van der Waals surface area contributed by atoms with Crippen LogP contribution >= 0.6 is 23.4 Å².